The van der Waals surface area contributed by atoms with Gasteiger partial charge in [-0.2, -0.15) is 0 Å². The first-order chi connectivity index (χ1) is 9.20. The van der Waals surface area contributed by atoms with Gasteiger partial charge >= 0.3 is 40.4 Å². The fraction of sp³-hybridized carbons (Fsp3) is 0.600. The second-order valence-electron chi connectivity index (χ2n) is 4.00. The zero-order valence-corrected chi connectivity index (χ0v) is 11.9. The fourth-order valence-corrected chi connectivity index (χ4v) is 1.48. The molecule has 0 saturated carbocycles. The third kappa shape index (κ3) is 13.0. The van der Waals surface area contributed by atoms with Gasteiger partial charge in [-0.3, -0.25) is 29.0 Å². The van der Waals surface area contributed by atoms with Crippen molar-refractivity contribution in [3.8, 4) is 0 Å². The van der Waals surface area contributed by atoms with Gasteiger partial charge in [0.1, 0.15) is 0 Å². The molecule has 0 bridgehead atoms. The maximum absolute atomic E-state index is 10.6. The number of nitrogens with zero attached hydrogens (tertiary/aromatic N) is 2. The van der Waals surface area contributed by atoms with Crippen LogP contribution in [0.2, 0.25) is 0 Å². The van der Waals surface area contributed by atoms with E-state index in [1.807, 2.05) is 0 Å². The number of carboxylic acid groups (broad SMARTS) is 4. The fourth-order valence-electron chi connectivity index (χ4n) is 1.48. The van der Waals surface area contributed by atoms with Gasteiger partial charge < -0.3 is 20.4 Å². The Bertz CT molecular complexity index is 321. The van der Waals surface area contributed by atoms with Crippen LogP contribution in [0.5, 0.6) is 0 Å². The summed E-state index contributed by atoms with van der Waals surface area (Å²) in [5.74, 6) is -4.91. The van der Waals surface area contributed by atoms with Gasteiger partial charge in [0, 0.05) is 13.1 Å². The van der Waals surface area contributed by atoms with Gasteiger partial charge in [0.05, 0.1) is 26.2 Å². The maximum Gasteiger partial charge on any atom is 2.00 e. The van der Waals surface area contributed by atoms with E-state index in [1.54, 1.807) is 0 Å². The second kappa shape index (κ2) is 11.0. The molecule has 21 heavy (non-hydrogen) atoms. The van der Waals surface area contributed by atoms with Crippen molar-refractivity contribution < 1.29 is 56.1 Å². The SMILES string of the molecule is O=C(O)CN(CCN(CC(=O)O)CC(=O)O)CC(=O)O.[Ni+2]. The van der Waals surface area contributed by atoms with E-state index in [-0.39, 0.29) is 29.6 Å². The molecule has 0 unspecified atom stereocenters. The van der Waals surface area contributed by atoms with Crippen LogP contribution in [0.15, 0.2) is 0 Å². The van der Waals surface area contributed by atoms with Gasteiger partial charge in [-0.15, -0.1) is 0 Å². The van der Waals surface area contributed by atoms with Crippen molar-refractivity contribution in [2.75, 3.05) is 39.3 Å². The molecule has 0 aromatic rings. The molecule has 0 aliphatic rings. The monoisotopic (exact) mass is 350 g/mol. The van der Waals surface area contributed by atoms with Crippen LogP contribution in [0.1, 0.15) is 0 Å². The van der Waals surface area contributed by atoms with Gasteiger partial charge in [-0.05, 0) is 0 Å². The second-order valence-corrected chi connectivity index (χ2v) is 4.00. The number of rotatable bonds is 11. The molecule has 122 valence electrons. The summed E-state index contributed by atoms with van der Waals surface area (Å²) < 4.78 is 0. The van der Waals surface area contributed by atoms with Crippen LogP contribution >= 0.6 is 0 Å². The van der Waals surface area contributed by atoms with E-state index >= 15 is 0 Å². The Hall–Kier alpha value is -1.71. The molecule has 0 spiro atoms. The number of hydrogen-bond donors (Lipinski definition) is 4. The molecule has 0 aromatic carbocycles. The van der Waals surface area contributed by atoms with Crippen molar-refractivity contribution in [3.63, 3.8) is 0 Å². The van der Waals surface area contributed by atoms with Gasteiger partial charge in [-0.1, -0.05) is 0 Å². The van der Waals surface area contributed by atoms with Gasteiger partial charge in [0.15, 0.2) is 0 Å². The van der Waals surface area contributed by atoms with Crippen molar-refractivity contribution >= 4 is 23.9 Å². The first-order valence-electron chi connectivity index (χ1n) is 5.52. The third-order valence-corrected chi connectivity index (χ3v) is 2.17. The van der Waals surface area contributed by atoms with E-state index in [0.717, 1.165) is 9.80 Å². The number of carboxylic acids is 4. The largest absolute Gasteiger partial charge is 2.00 e. The van der Waals surface area contributed by atoms with Gasteiger partial charge in [0.2, 0.25) is 0 Å². The smallest absolute Gasteiger partial charge is 0.480 e. The summed E-state index contributed by atoms with van der Waals surface area (Å²) in [4.78, 5) is 44.4. The topological polar surface area (TPSA) is 156 Å². The summed E-state index contributed by atoms with van der Waals surface area (Å²) in [6, 6.07) is 0. The number of carbonyl (C=O) groups is 4. The van der Waals surface area contributed by atoms with E-state index < -0.39 is 50.1 Å². The third-order valence-electron chi connectivity index (χ3n) is 2.17. The van der Waals surface area contributed by atoms with Crippen LogP contribution in [-0.4, -0.2) is 93.4 Å². The number of aliphatic carboxylic acids is 4. The number of hydrogen-bond acceptors (Lipinski definition) is 6. The van der Waals surface area contributed by atoms with Crippen LogP contribution in [0.3, 0.4) is 0 Å². The van der Waals surface area contributed by atoms with Crippen LogP contribution in [0.25, 0.3) is 0 Å². The summed E-state index contributed by atoms with van der Waals surface area (Å²) >= 11 is 0. The maximum atomic E-state index is 10.6. The van der Waals surface area contributed by atoms with E-state index in [2.05, 4.69) is 0 Å². The molecular weight excluding hydrogens is 335 g/mol. The summed E-state index contributed by atoms with van der Waals surface area (Å²) in [6.07, 6.45) is 0. The predicted octanol–water partition coefficient (Wildman–Crippen LogP) is -2.07. The molecular formula is C10H16N2NiO8+2. The Balaban J connectivity index is 0. The van der Waals surface area contributed by atoms with Crippen molar-refractivity contribution in [1.29, 1.82) is 0 Å². The molecule has 10 nitrogen and oxygen atoms in total. The Morgan fingerprint density at radius 3 is 0.905 bits per heavy atom. The van der Waals surface area contributed by atoms with E-state index in [4.69, 9.17) is 20.4 Å². The minimum absolute atomic E-state index is 0. The Kier molecular flexibility index (Phi) is 11.3. The van der Waals surface area contributed by atoms with Gasteiger partial charge in [0.25, 0.3) is 0 Å². The van der Waals surface area contributed by atoms with Crippen molar-refractivity contribution in [1.82, 2.24) is 9.80 Å². The summed E-state index contributed by atoms with van der Waals surface area (Å²) in [5.41, 5.74) is 0. The quantitative estimate of drug-likeness (QED) is 0.305. The first-order valence-corrected chi connectivity index (χ1v) is 5.52. The molecule has 0 amide bonds. The predicted molar refractivity (Wildman–Crippen MR) is 63.4 cm³/mol. The summed E-state index contributed by atoms with van der Waals surface area (Å²) in [6.45, 7) is -2.25. The van der Waals surface area contributed by atoms with Gasteiger partial charge in [-0.25, -0.2) is 0 Å². The Morgan fingerprint density at radius 1 is 0.571 bits per heavy atom. The molecule has 0 fully saturated rings. The van der Waals surface area contributed by atoms with Crippen molar-refractivity contribution in [3.05, 3.63) is 0 Å². The molecule has 4 N–H and O–H groups in total. The molecule has 0 aliphatic heterocycles. The molecule has 0 rings (SSSR count). The summed E-state index contributed by atoms with van der Waals surface area (Å²) in [7, 11) is 0. The standard InChI is InChI=1S/C10H16N2O8.Ni/c13-7(14)3-11(4-8(15)16)1-2-12(5-9(17)18)6-10(19)20;/h1-6H2,(H,13,14)(H,15,16)(H,17,18)(H,19,20);/q;+2. The summed E-state index contributed by atoms with van der Waals surface area (Å²) in [5, 5.41) is 34.5. The molecule has 11 heteroatoms. The van der Waals surface area contributed by atoms with Crippen LogP contribution < -0.4 is 0 Å². The van der Waals surface area contributed by atoms with Crippen LogP contribution in [-0.2, 0) is 35.7 Å². The molecule has 0 saturated heterocycles. The Morgan fingerprint density at radius 2 is 0.762 bits per heavy atom. The average molecular weight is 351 g/mol. The van der Waals surface area contributed by atoms with E-state index in [9.17, 15) is 19.2 Å². The van der Waals surface area contributed by atoms with E-state index in [0.29, 0.717) is 0 Å². The molecule has 0 aromatic heterocycles. The Labute approximate surface area is 129 Å². The molecule has 0 aliphatic carbocycles. The molecule has 0 radical (unpaired) electrons. The van der Waals surface area contributed by atoms with Crippen molar-refractivity contribution in [2.24, 2.45) is 0 Å². The molecule has 0 atom stereocenters. The first kappa shape index (κ1) is 21.6. The normalized spacial score (nSPS) is 10.2. The average Bonchev–Trinajstić information content (AvgIpc) is 2.22. The van der Waals surface area contributed by atoms with Crippen LogP contribution in [0, 0.1) is 0 Å². The van der Waals surface area contributed by atoms with Crippen LogP contribution in [0.4, 0.5) is 0 Å². The zero-order chi connectivity index (χ0) is 15.7. The molecule has 0 heterocycles. The van der Waals surface area contributed by atoms with E-state index in [1.165, 1.54) is 0 Å². The minimum Gasteiger partial charge on any atom is -0.480 e. The minimum atomic E-state index is -1.23. The zero-order valence-electron chi connectivity index (χ0n) is 10.9. The van der Waals surface area contributed by atoms with Crippen molar-refractivity contribution in [2.45, 2.75) is 0 Å².